The van der Waals surface area contributed by atoms with Gasteiger partial charge >= 0.3 is 0 Å². The second-order valence-electron chi connectivity index (χ2n) is 5.95. The maximum absolute atomic E-state index is 10.8. The largest absolute Gasteiger partial charge is 0.310 e. The van der Waals surface area contributed by atoms with E-state index in [1.165, 1.54) is 44.6 Å². The predicted molar refractivity (Wildman–Crippen MR) is 85.6 cm³/mol. The van der Waals surface area contributed by atoms with Gasteiger partial charge in [-0.3, -0.25) is 10.1 Å². The molecular formula is C16H23ClN2O2. The summed E-state index contributed by atoms with van der Waals surface area (Å²) in [5, 5.41) is 14.9. The molecule has 0 spiro atoms. The lowest BCUT2D eigenvalue weighted by Crippen LogP contribution is -2.33. The average molecular weight is 311 g/mol. The summed E-state index contributed by atoms with van der Waals surface area (Å²) in [6.07, 6.45) is 7.87. The Bertz CT molecular complexity index is 485. The number of nitrogens with zero attached hydrogens (tertiary/aromatic N) is 1. The SMILES string of the molecule is C[C@@H](NCc1cc([N+](=O)[O-])ccc1Cl)C1CCCCCC1. The van der Waals surface area contributed by atoms with Crippen LogP contribution in [0.25, 0.3) is 0 Å². The molecule has 1 N–H and O–H groups in total. The first kappa shape index (κ1) is 16.2. The van der Waals surface area contributed by atoms with Crippen LogP contribution in [0.4, 0.5) is 5.69 Å². The molecule has 0 saturated heterocycles. The summed E-state index contributed by atoms with van der Waals surface area (Å²) in [6.45, 7) is 2.79. The van der Waals surface area contributed by atoms with Crippen molar-refractivity contribution in [2.45, 2.75) is 58.0 Å². The van der Waals surface area contributed by atoms with Crippen molar-refractivity contribution in [3.8, 4) is 0 Å². The molecule has 4 nitrogen and oxygen atoms in total. The number of nitro benzene ring substituents is 1. The number of benzene rings is 1. The van der Waals surface area contributed by atoms with Gasteiger partial charge in [-0.1, -0.05) is 37.3 Å². The minimum absolute atomic E-state index is 0.0957. The fraction of sp³-hybridized carbons (Fsp3) is 0.625. The van der Waals surface area contributed by atoms with Gasteiger partial charge in [0.05, 0.1) is 4.92 Å². The molecule has 1 aliphatic carbocycles. The summed E-state index contributed by atoms with van der Waals surface area (Å²) in [5.41, 5.74) is 0.893. The monoisotopic (exact) mass is 310 g/mol. The van der Waals surface area contributed by atoms with E-state index in [1.54, 1.807) is 12.1 Å². The molecule has 0 heterocycles. The highest BCUT2D eigenvalue weighted by molar-refractivity contribution is 6.31. The van der Waals surface area contributed by atoms with E-state index in [9.17, 15) is 10.1 Å². The third kappa shape index (κ3) is 4.68. The Morgan fingerprint density at radius 1 is 1.33 bits per heavy atom. The first-order chi connectivity index (χ1) is 10.1. The summed E-state index contributed by atoms with van der Waals surface area (Å²) in [4.78, 5) is 10.4. The van der Waals surface area contributed by atoms with Crippen LogP contribution in [0.15, 0.2) is 18.2 Å². The first-order valence-electron chi connectivity index (χ1n) is 7.74. The third-order valence-corrected chi connectivity index (χ3v) is 4.83. The van der Waals surface area contributed by atoms with Gasteiger partial charge in [0.2, 0.25) is 0 Å². The molecule has 0 bridgehead atoms. The normalized spacial score (nSPS) is 18.2. The quantitative estimate of drug-likeness (QED) is 0.487. The molecule has 1 saturated carbocycles. The van der Waals surface area contributed by atoms with E-state index in [0.717, 1.165) is 5.56 Å². The second-order valence-corrected chi connectivity index (χ2v) is 6.36. The molecule has 21 heavy (non-hydrogen) atoms. The fourth-order valence-corrected chi connectivity index (χ4v) is 3.24. The Balaban J connectivity index is 1.95. The maximum Gasteiger partial charge on any atom is 0.269 e. The third-order valence-electron chi connectivity index (χ3n) is 4.46. The molecule has 1 atom stereocenters. The van der Waals surface area contributed by atoms with Crippen molar-refractivity contribution in [3.05, 3.63) is 38.9 Å². The van der Waals surface area contributed by atoms with E-state index < -0.39 is 0 Å². The highest BCUT2D eigenvalue weighted by Gasteiger charge is 2.19. The Morgan fingerprint density at radius 3 is 2.62 bits per heavy atom. The average Bonchev–Trinajstić information content (AvgIpc) is 2.75. The van der Waals surface area contributed by atoms with Crippen molar-refractivity contribution in [3.63, 3.8) is 0 Å². The molecule has 0 radical (unpaired) electrons. The lowest BCUT2D eigenvalue weighted by atomic mass is 9.93. The van der Waals surface area contributed by atoms with Gasteiger partial charge in [-0.15, -0.1) is 0 Å². The zero-order valence-electron chi connectivity index (χ0n) is 12.5. The number of nitrogens with one attached hydrogen (secondary N) is 1. The first-order valence-corrected chi connectivity index (χ1v) is 8.12. The summed E-state index contributed by atoms with van der Waals surface area (Å²) in [5.74, 6) is 0.699. The van der Waals surface area contributed by atoms with Crippen LogP contribution >= 0.6 is 11.6 Å². The molecule has 1 aromatic rings. The summed E-state index contributed by atoms with van der Waals surface area (Å²) in [7, 11) is 0. The number of nitro groups is 1. The molecule has 5 heteroatoms. The van der Waals surface area contributed by atoms with E-state index in [1.807, 2.05) is 0 Å². The number of hydrogen-bond acceptors (Lipinski definition) is 3. The summed E-state index contributed by atoms with van der Waals surface area (Å²) in [6, 6.07) is 5.03. The minimum Gasteiger partial charge on any atom is -0.310 e. The van der Waals surface area contributed by atoms with Gasteiger partial charge < -0.3 is 5.32 Å². The fourth-order valence-electron chi connectivity index (χ4n) is 3.06. The van der Waals surface area contributed by atoms with Gasteiger partial charge in [-0.2, -0.15) is 0 Å². The van der Waals surface area contributed by atoms with Crippen LogP contribution in [0.5, 0.6) is 0 Å². The Labute approximate surface area is 131 Å². The maximum atomic E-state index is 10.8. The molecule has 0 unspecified atom stereocenters. The number of non-ortho nitro benzene ring substituents is 1. The van der Waals surface area contributed by atoms with Crippen molar-refractivity contribution in [1.82, 2.24) is 5.32 Å². The van der Waals surface area contributed by atoms with Crippen LogP contribution in [-0.2, 0) is 6.54 Å². The van der Waals surface area contributed by atoms with Gasteiger partial charge in [-0.25, -0.2) is 0 Å². The van der Waals surface area contributed by atoms with Crippen LogP contribution in [0, 0.1) is 16.0 Å². The molecule has 2 rings (SSSR count). The lowest BCUT2D eigenvalue weighted by Gasteiger charge is -2.24. The van der Waals surface area contributed by atoms with Crippen molar-refractivity contribution in [2.75, 3.05) is 0 Å². The zero-order chi connectivity index (χ0) is 15.2. The second kappa shape index (κ2) is 7.76. The van der Waals surface area contributed by atoms with E-state index in [2.05, 4.69) is 12.2 Å². The lowest BCUT2D eigenvalue weighted by molar-refractivity contribution is -0.384. The molecule has 1 aromatic carbocycles. The highest BCUT2D eigenvalue weighted by Crippen LogP contribution is 2.26. The number of halogens is 1. The standard InChI is InChI=1S/C16H23ClN2O2/c1-12(13-6-4-2-3-5-7-13)18-11-14-10-15(19(20)21)8-9-16(14)17/h8-10,12-13,18H,2-7,11H2,1H3/t12-/m1/s1. The summed E-state index contributed by atoms with van der Waals surface area (Å²) >= 11 is 6.13. The Hall–Kier alpha value is -1.13. The molecule has 0 aliphatic heterocycles. The molecule has 0 amide bonds. The highest BCUT2D eigenvalue weighted by atomic mass is 35.5. The van der Waals surface area contributed by atoms with E-state index in [0.29, 0.717) is 23.5 Å². The van der Waals surface area contributed by atoms with Gasteiger partial charge in [0, 0.05) is 29.7 Å². The van der Waals surface area contributed by atoms with Gasteiger partial charge in [0.25, 0.3) is 5.69 Å². The van der Waals surface area contributed by atoms with Crippen LogP contribution in [-0.4, -0.2) is 11.0 Å². The zero-order valence-corrected chi connectivity index (χ0v) is 13.2. The van der Waals surface area contributed by atoms with E-state index in [4.69, 9.17) is 11.6 Å². The van der Waals surface area contributed by atoms with Crippen LogP contribution in [0.3, 0.4) is 0 Å². The van der Waals surface area contributed by atoms with E-state index >= 15 is 0 Å². The van der Waals surface area contributed by atoms with Crippen molar-refractivity contribution >= 4 is 17.3 Å². The smallest absolute Gasteiger partial charge is 0.269 e. The van der Waals surface area contributed by atoms with Gasteiger partial charge in [0.15, 0.2) is 0 Å². The summed E-state index contributed by atoms with van der Waals surface area (Å²) < 4.78 is 0. The Kier molecular flexibility index (Phi) is 6.00. The topological polar surface area (TPSA) is 55.2 Å². The van der Waals surface area contributed by atoms with E-state index in [-0.39, 0.29) is 10.6 Å². The predicted octanol–water partition coefficient (Wildman–Crippen LogP) is 4.70. The van der Waals surface area contributed by atoms with Crippen LogP contribution in [0.1, 0.15) is 51.0 Å². The number of hydrogen-bond donors (Lipinski definition) is 1. The van der Waals surface area contributed by atoms with Crippen molar-refractivity contribution < 1.29 is 4.92 Å². The molecule has 1 fully saturated rings. The molecule has 0 aromatic heterocycles. The van der Waals surface area contributed by atoms with Crippen molar-refractivity contribution in [1.29, 1.82) is 0 Å². The minimum atomic E-state index is -0.380. The number of rotatable bonds is 5. The molecule has 116 valence electrons. The van der Waals surface area contributed by atoms with Crippen LogP contribution < -0.4 is 5.32 Å². The molecular weight excluding hydrogens is 288 g/mol. The van der Waals surface area contributed by atoms with Crippen LogP contribution in [0.2, 0.25) is 5.02 Å². The Morgan fingerprint density at radius 2 is 2.00 bits per heavy atom. The van der Waals surface area contributed by atoms with Gasteiger partial charge in [-0.05, 0) is 37.3 Å². The van der Waals surface area contributed by atoms with Crippen molar-refractivity contribution in [2.24, 2.45) is 5.92 Å². The van der Waals surface area contributed by atoms with Gasteiger partial charge in [0.1, 0.15) is 0 Å². The molecule has 1 aliphatic rings.